The van der Waals surface area contributed by atoms with Crippen molar-refractivity contribution in [2.75, 3.05) is 27.2 Å². The molecule has 88 valence electrons. The van der Waals surface area contributed by atoms with E-state index in [1.165, 1.54) is 30.5 Å². The summed E-state index contributed by atoms with van der Waals surface area (Å²) < 4.78 is 0. The van der Waals surface area contributed by atoms with Crippen molar-refractivity contribution >= 4 is 0 Å². The van der Waals surface area contributed by atoms with Gasteiger partial charge in [0.15, 0.2) is 0 Å². The molecule has 0 spiro atoms. The Morgan fingerprint density at radius 1 is 1.31 bits per heavy atom. The van der Waals surface area contributed by atoms with Gasteiger partial charge in [0, 0.05) is 6.54 Å². The van der Waals surface area contributed by atoms with Crippen molar-refractivity contribution in [3.8, 4) is 0 Å². The van der Waals surface area contributed by atoms with Gasteiger partial charge < -0.3 is 5.32 Å². The first-order chi connectivity index (χ1) is 7.69. The zero-order chi connectivity index (χ0) is 11.6. The van der Waals surface area contributed by atoms with Crippen LogP contribution in [0.4, 0.5) is 0 Å². The predicted octanol–water partition coefficient (Wildman–Crippen LogP) is 2.14. The van der Waals surface area contributed by atoms with E-state index in [0.717, 1.165) is 6.54 Å². The monoisotopic (exact) mass is 218 g/mol. The quantitative estimate of drug-likeness (QED) is 0.836. The van der Waals surface area contributed by atoms with Gasteiger partial charge in [-0.1, -0.05) is 29.8 Å². The van der Waals surface area contributed by atoms with Crippen LogP contribution in [0, 0.1) is 6.92 Å². The lowest BCUT2D eigenvalue weighted by atomic mass is 9.87. The van der Waals surface area contributed by atoms with Crippen molar-refractivity contribution in [3.63, 3.8) is 0 Å². The molecule has 2 nitrogen and oxygen atoms in total. The van der Waals surface area contributed by atoms with E-state index in [0.29, 0.717) is 0 Å². The molecular formula is C14H22N2. The third-order valence-corrected chi connectivity index (χ3v) is 3.87. The molecule has 1 atom stereocenters. The summed E-state index contributed by atoms with van der Waals surface area (Å²) >= 11 is 0. The number of rotatable bonds is 3. The summed E-state index contributed by atoms with van der Waals surface area (Å²) in [6.45, 7) is 4.38. The summed E-state index contributed by atoms with van der Waals surface area (Å²) in [5.74, 6) is 0. The van der Waals surface area contributed by atoms with E-state index in [2.05, 4.69) is 48.5 Å². The van der Waals surface area contributed by atoms with Crippen molar-refractivity contribution in [3.05, 3.63) is 35.4 Å². The lowest BCUT2D eigenvalue weighted by Crippen LogP contribution is -2.45. The topological polar surface area (TPSA) is 15.3 Å². The molecule has 1 N–H and O–H groups in total. The third-order valence-electron chi connectivity index (χ3n) is 3.87. The normalized spacial score (nSPS) is 26.2. The fraction of sp³-hybridized carbons (Fsp3) is 0.571. The van der Waals surface area contributed by atoms with Crippen molar-refractivity contribution < 1.29 is 0 Å². The standard InChI is InChI=1S/C14H22N2/c1-12-5-7-13(8-6-12)14(11-15-2)9-4-10-16(14)3/h5-8,15H,4,9-11H2,1-3H3. The molecule has 1 fully saturated rings. The molecule has 0 aromatic heterocycles. The number of likely N-dealkylation sites (tertiary alicyclic amines) is 1. The first kappa shape index (κ1) is 11.6. The van der Waals surface area contributed by atoms with Crippen LogP contribution in [-0.2, 0) is 5.54 Å². The Hall–Kier alpha value is -0.860. The minimum atomic E-state index is 0.211. The first-order valence-electron chi connectivity index (χ1n) is 6.12. The van der Waals surface area contributed by atoms with Crippen molar-refractivity contribution in [2.24, 2.45) is 0 Å². The molecule has 0 saturated carbocycles. The summed E-state index contributed by atoms with van der Waals surface area (Å²) in [5, 5.41) is 3.35. The van der Waals surface area contributed by atoms with Gasteiger partial charge in [0.1, 0.15) is 0 Å². The van der Waals surface area contributed by atoms with Crippen LogP contribution in [0.1, 0.15) is 24.0 Å². The van der Waals surface area contributed by atoms with Gasteiger partial charge in [0.2, 0.25) is 0 Å². The van der Waals surface area contributed by atoms with Gasteiger partial charge in [-0.15, -0.1) is 0 Å². The van der Waals surface area contributed by atoms with E-state index in [4.69, 9.17) is 0 Å². The van der Waals surface area contributed by atoms with Crippen LogP contribution in [0.5, 0.6) is 0 Å². The Kier molecular flexibility index (Phi) is 3.31. The molecule has 1 aromatic carbocycles. The van der Waals surface area contributed by atoms with Gasteiger partial charge in [0.25, 0.3) is 0 Å². The van der Waals surface area contributed by atoms with Gasteiger partial charge in [-0.25, -0.2) is 0 Å². The highest BCUT2D eigenvalue weighted by Gasteiger charge is 2.39. The minimum absolute atomic E-state index is 0.211. The molecule has 1 unspecified atom stereocenters. The Labute approximate surface area is 98.7 Å². The highest BCUT2D eigenvalue weighted by atomic mass is 15.2. The SMILES string of the molecule is CNCC1(c2ccc(C)cc2)CCCN1C. The van der Waals surface area contributed by atoms with Gasteiger partial charge >= 0.3 is 0 Å². The molecule has 0 bridgehead atoms. The van der Waals surface area contributed by atoms with E-state index in [1.807, 2.05) is 7.05 Å². The average Bonchev–Trinajstić information content (AvgIpc) is 2.63. The zero-order valence-electron chi connectivity index (χ0n) is 10.6. The number of aryl methyl sites for hydroxylation is 1. The highest BCUT2D eigenvalue weighted by molar-refractivity contribution is 5.29. The second kappa shape index (κ2) is 4.56. The molecule has 1 saturated heterocycles. The van der Waals surface area contributed by atoms with E-state index in [1.54, 1.807) is 0 Å². The lowest BCUT2D eigenvalue weighted by molar-refractivity contribution is 0.172. The molecular weight excluding hydrogens is 196 g/mol. The molecule has 0 aliphatic carbocycles. The Morgan fingerprint density at radius 3 is 2.50 bits per heavy atom. The first-order valence-corrected chi connectivity index (χ1v) is 6.12. The fourth-order valence-corrected chi connectivity index (χ4v) is 2.86. The maximum Gasteiger partial charge on any atom is 0.0583 e. The van der Waals surface area contributed by atoms with Crippen LogP contribution in [0.25, 0.3) is 0 Å². The third kappa shape index (κ3) is 1.87. The average molecular weight is 218 g/mol. The highest BCUT2D eigenvalue weighted by Crippen LogP contribution is 2.37. The van der Waals surface area contributed by atoms with Gasteiger partial charge in [-0.05, 0) is 46.0 Å². The Balaban J connectivity index is 2.35. The van der Waals surface area contributed by atoms with Crippen LogP contribution in [0.15, 0.2) is 24.3 Å². The van der Waals surface area contributed by atoms with E-state index in [-0.39, 0.29) is 5.54 Å². The number of nitrogens with zero attached hydrogens (tertiary/aromatic N) is 1. The molecule has 1 heterocycles. The van der Waals surface area contributed by atoms with E-state index >= 15 is 0 Å². The number of likely N-dealkylation sites (N-methyl/N-ethyl adjacent to an activating group) is 2. The molecule has 2 rings (SSSR count). The van der Waals surface area contributed by atoms with Crippen LogP contribution < -0.4 is 5.32 Å². The molecule has 0 amide bonds. The van der Waals surface area contributed by atoms with E-state index in [9.17, 15) is 0 Å². The van der Waals surface area contributed by atoms with Gasteiger partial charge in [-0.3, -0.25) is 4.90 Å². The maximum absolute atomic E-state index is 3.35. The van der Waals surface area contributed by atoms with Crippen molar-refractivity contribution in [1.29, 1.82) is 0 Å². The second-order valence-electron chi connectivity index (χ2n) is 4.95. The number of hydrogen-bond donors (Lipinski definition) is 1. The summed E-state index contributed by atoms with van der Waals surface area (Å²) in [6.07, 6.45) is 2.56. The lowest BCUT2D eigenvalue weighted by Gasteiger charge is -2.37. The smallest absolute Gasteiger partial charge is 0.0583 e. The number of nitrogens with one attached hydrogen (secondary N) is 1. The molecule has 1 aromatic rings. The number of benzene rings is 1. The summed E-state index contributed by atoms with van der Waals surface area (Å²) in [7, 11) is 4.28. The maximum atomic E-state index is 3.35. The van der Waals surface area contributed by atoms with Crippen molar-refractivity contribution in [1.82, 2.24) is 10.2 Å². The van der Waals surface area contributed by atoms with Crippen LogP contribution >= 0.6 is 0 Å². The summed E-state index contributed by atoms with van der Waals surface area (Å²) in [5.41, 5.74) is 3.00. The van der Waals surface area contributed by atoms with Crippen molar-refractivity contribution in [2.45, 2.75) is 25.3 Å². The molecule has 2 heteroatoms. The Bertz CT molecular complexity index is 344. The predicted molar refractivity (Wildman–Crippen MR) is 68.6 cm³/mol. The second-order valence-corrected chi connectivity index (χ2v) is 4.95. The Morgan fingerprint density at radius 2 is 2.00 bits per heavy atom. The largest absolute Gasteiger partial charge is 0.318 e. The van der Waals surface area contributed by atoms with Crippen LogP contribution in [-0.4, -0.2) is 32.1 Å². The molecule has 1 aliphatic heterocycles. The number of hydrogen-bond acceptors (Lipinski definition) is 2. The molecule has 1 aliphatic rings. The van der Waals surface area contributed by atoms with Crippen LogP contribution in [0.2, 0.25) is 0 Å². The summed E-state index contributed by atoms with van der Waals surface area (Å²) in [6, 6.07) is 9.01. The van der Waals surface area contributed by atoms with Gasteiger partial charge in [0.05, 0.1) is 5.54 Å². The van der Waals surface area contributed by atoms with Crippen LogP contribution in [0.3, 0.4) is 0 Å². The molecule has 0 radical (unpaired) electrons. The molecule has 16 heavy (non-hydrogen) atoms. The minimum Gasteiger partial charge on any atom is -0.318 e. The van der Waals surface area contributed by atoms with Gasteiger partial charge in [-0.2, -0.15) is 0 Å². The van der Waals surface area contributed by atoms with E-state index < -0.39 is 0 Å². The zero-order valence-corrected chi connectivity index (χ0v) is 10.6. The summed E-state index contributed by atoms with van der Waals surface area (Å²) in [4.78, 5) is 2.49. The fourth-order valence-electron chi connectivity index (χ4n) is 2.86.